The molecule has 4 nitrogen and oxygen atoms in total. The van der Waals surface area contributed by atoms with E-state index < -0.39 is 10.0 Å². The van der Waals surface area contributed by atoms with Gasteiger partial charge in [0.05, 0.1) is 16.5 Å². The molecule has 1 aromatic rings. The molecular weight excluding hydrogens is 248 g/mol. The van der Waals surface area contributed by atoms with Gasteiger partial charge >= 0.3 is 0 Å². The molecule has 0 fully saturated rings. The van der Waals surface area contributed by atoms with Crippen molar-refractivity contribution in [3.05, 3.63) is 29.3 Å². The Morgan fingerprint density at radius 1 is 1.31 bits per heavy atom. The fraction of sp³-hybridized carbons (Fsp3) is 0.400. The first-order valence-electron chi connectivity index (χ1n) is 5.01. The van der Waals surface area contributed by atoms with Gasteiger partial charge in [-0.15, -0.1) is 0 Å². The summed E-state index contributed by atoms with van der Waals surface area (Å²) in [5.74, 6) is 0.0338. The Kier molecular flexibility index (Phi) is 5.05. The van der Waals surface area contributed by atoms with Gasteiger partial charge in [0.2, 0.25) is 10.0 Å². The van der Waals surface area contributed by atoms with Gasteiger partial charge in [-0.25, -0.2) is 8.42 Å². The Morgan fingerprint density at radius 2 is 2.00 bits per heavy atom. The molecule has 0 saturated carbocycles. The maximum Gasteiger partial charge on any atom is 0.234 e. The summed E-state index contributed by atoms with van der Waals surface area (Å²) < 4.78 is 25.7. The van der Waals surface area contributed by atoms with E-state index in [4.69, 9.17) is 11.6 Å². The number of hydrogen-bond acceptors (Lipinski definition) is 3. The van der Waals surface area contributed by atoms with E-state index in [2.05, 4.69) is 10.0 Å². The minimum atomic E-state index is -3.33. The second kappa shape index (κ2) is 6.08. The second-order valence-corrected chi connectivity index (χ2v) is 5.50. The fourth-order valence-electron chi connectivity index (χ4n) is 1.15. The summed E-state index contributed by atoms with van der Waals surface area (Å²) in [7, 11) is -3.33. The molecule has 1 aromatic carbocycles. The van der Waals surface area contributed by atoms with Crippen LogP contribution in [0, 0.1) is 0 Å². The number of rotatable bonds is 6. The largest absolute Gasteiger partial charge is 0.316 e. The van der Waals surface area contributed by atoms with Crippen LogP contribution in [0.15, 0.2) is 24.3 Å². The molecule has 2 N–H and O–H groups in total. The Balaban J connectivity index is 2.63. The second-order valence-electron chi connectivity index (χ2n) is 3.25. The van der Waals surface area contributed by atoms with Crippen molar-refractivity contribution in [2.24, 2.45) is 0 Å². The number of anilines is 1. The van der Waals surface area contributed by atoms with Gasteiger partial charge in [-0.3, -0.25) is 4.72 Å². The lowest BCUT2D eigenvalue weighted by molar-refractivity contribution is 0.597. The van der Waals surface area contributed by atoms with Crippen LogP contribution >= 0.6 is 11.6 Å². The van der Waals surface area contributed by atoms with Crippen LogP contribution < -0.4 is 10.0 Å². The van der Waals surface area contributed by atoms with E-state index in [1.54, 1.807) is 24.3 Å². The van der Waals surface area contributed by atoms with Crippen LogP contribution in [0.25, 0.3) is 0 Å². The standard InChI is InChI=1S/C10H15ClN2O2S/c1-2-12-7-8-16(14,15)13-10-6-4-3-5-9(10)11/h3-6,12-13H,2,7-8H2,1H3. The van der Waals surface area contributed by atoms with Crippen LogP contribution in [0.4, 0.5) is 5.69 Å². The van der Waals surface area contributed by atoms with Gasteiger partial charge in [0, 0.05) is 6.54 Å². The van der Waals surface area contributed by atoms with Gasteiger partial charge in [-0.05, 0) is 18.7 Å². The van der Waals surface area contributed by atoms with Crippen molar-refractivity contribution in [3.63, 3.8) is 0 Å². The Hall–Kier alpha value is -0.780. The summed E-state index contributed by atoms with van der Waals surface area (Å²) in [5, 5.41) is 3.35. The highest BCUT2D eigenvalue weighted by Crippen LogP contribution is 2.21. The van der Waals surface area contributed by atoms with Gasteiger partial charge in [0.1, 0.15) is 0 Å². The highest BCUT2D eigenvalue weighted by molar-refractivity contribution is 7.92. The Bertz CT molecular complexity index is 434. The molecule has 0 aromatic heterocycles. The summed E-state index contributed by atoms with van der Waals surface area (Å²) in [6.07, 6.45) is 0. The van der Waals surface area contributed by atoms with Crippen LogP contribution in [0.5, 0.6) is 0 Å². The first-order valence-corrected chi connectivity index (χ1v) is 7.04. The third-order valence-corrected chi connectivity index (χ3v) is 3.54. The topological polar surface area (TPSA) is 58.2 Å². The minimum Gasteiger partial charge on any atom is -0.316 e. The number of nitrogens with one attached hydrogen (secondary N) is 2. The molecule has 90 valence electrons. The third-order valence-electron chi connectivity index (χ3n) is 1.94. The Morgan fingerprint density at radius 3 is 2.62 bits per heavy atom. The summed E-state index contributed by atoms with van der Waals surface area (Å²) in [4.78, 5) is 0. The minimum absolute atomic E-state index is 0.0338. The molecule has 0 saturated heterocycles. The number of benzene rings is 1. The van der Waals surface area contributed by atoms with Crippen LogP contribution in [0.1, 0.15) is 6.92 Å². The van der Waals surface area contributed by atoms with Crippen LogP contribution in [0.2, 0.25) is 5.02 Å². The normalized spacial score (nSPS) is 11.4. The number of hydrogen-bond donors (Lipinski definition) is 2. The third kappa shape index (κ3) is 4.38. The number of para-hydroxylation sites is 1. The molecule has 0 amide bonds. The van der Waals surface area contributed by atoms with Gasteiger partial charge in [0.25, 0.3) is 0 Å². The van der Waals surface area contributed by atoms with Crippen LogP contribution in [-0.2, 0) is 10.0 Å². The predicted molar refractivity (Wildman–Crippen MR) is 67.4 cm³/mol. The molecule has 6 heteroatoms. The predicted octanol–water partition coefficient (Wildman–Crippen LogP) is 1.69. The lowest BCUT2D eigenvalue weighted by Crippen LogP contribution is -2.26. The molecule has 16 heavy (non-hydrogen) atoms. The molecule has 0 aliphatic carbocycles. The number of sulfonamides is 1. The molecule has 0 aliphatic heterocycles. The molecule has 0 atom stereocenters. The van der Waals surface area contributed by atoms with Crippen molar-refractivity contribution in [1.82, 2.24) is 5.32 Å². The molecule has 0 aliphatic rings. The summed E-state index contributed by atoms with van der Waals surface area (Å²) in [6.45, 7) is 3.10. The molecule has 0 spiro atoms. The first-order chi connectivity index (χ1) is 7.55. The molecule has 0 unspecified atom stereocenters. The molecular formula is C10H15ClN2O2S. The molecule has 0 heterocycles. The lowest BCUT2D eigenvalue weighted by Gasteiger charge is -2.09. The van der Waals surface area contributed by atoms with Crippen molar-refractivity contribution in [2.45, 2.75) is 6.92 Å². The molecule has 0 bridgehead atoms. The zero-order valence-corrected chi connectivity index (χ0v) is 10.6. The summed E-state index contributed by atoms with van der Waals surface area (Å²) >= 11 is 5.85. The van der Waals surface area contributed by atoms with E-state index in [1.165, 1.54) is 0 Å². The molecule has 1 rings (SSSR count). The highest BCUT2D eigenvalue weighted by atomic mass is 35.5. The van der Waals surface area contributed by atoms with Gasteiger partial charge in [-0.2, -0.15) is 0 Å². The smallest absolute Gasteiger partial charge is 0.234 e. The van der Waals surface area contributed by atoms with Crippen molar-refractivity contribution < 1.29 is 8.42 Å². The lowest BCUT2D eigenvalue weighted by atomic mass is 10.3. The summed E-state index contributed by atoms with van der Waals surface area (Å²) in [5.41, 5.74) is 0.417. The van der Waals surface area contributed by atoms with Crippen LogP contribution in [0.3, 0.4) is 0 Å². The zero-order chi connectivity index (χ0) is 12.0. The number of halogens is 1. The van der Waals surface area contributed by atoms with E-state index >= 15 is 0 Å². The molecule has 0 radical (unpaired) electrons. The van der Waals surface area contributed by atoms with Gasteiger partial charge in [-0.1, -0.05) is 30.7 Å². The van der Waals surface area contributed by atoms with Crippen molar-refractivity contribution in [1.29, 1.82) is 0 Å². The fourth-order valence-corrected chi connectivity index (χ4v) is 2.41. The highest BCUT2D eigenvalue weighted by Gasteiger charge is 2.11. The van der Waals surface area contributed by atoms with E-state index in [-0.39, 0.29) is 5.75 Å². The summed E-state index contributed by atoms with van der Waals surface area (Å²) in [6, 6.07) is 6.75. The van der Waals surface area contributed by atoms with Crippen LogP contribution in [-0.4, -0.2) is 27.3 Å². The maximum atomic E-state index is 11.6. The maximum absolute atomic E-state index is 11.6. The van der Waals surface area contributed by atoms with Crippen molar-refractivity contribution in [3.8, 4) is 0 Å². The van der Waals surface area contributed by atoms with Gasteiger partial charge < -0.3 is 5.32 Å². The van der Waals surface area contributed by atoms with E-state index in [0.29, 0.717) is 17.3 Å². The zero-order valence-electron chi connectivity index (χ0n) is 9.03. The van der Waals surface area contributed by atoms with Crippen molar-refractivity contribution in [2.75, 3.05) is 23.6 Å². The SMILES string of the molecule is CCNCCS(=O)(=O)Nc1ccccc1Cl. The van der Waals surface area contributed by atoms with E-state index in [9.17, 15) is 8.42 Å². The van der Waals surface area contributed by atoms with E-state index in [0.717, 1.165) is 6.54 Å². The van der Waals surface area contributed by atoms with Gasteiger partial charge in [0.15, 0.2) is 0 Å². The average molecular weight is 263 g/mol. The quantitative estimate of drug-likeness (QED) is 0.767. The Labute approximate surface area is 101 Å². The van der Waals surface area contributed by atoms with Crippen molar-refractivity contribution >= 4 is 27.3 Å². The first kappa shape index (κ1) is 13.3. The average Bonchev–Trinajstić information content (AvgIpc) is 2.21. The van der Waals surface area contributed by atoms with E-state index in [1.807, 2.05) is 6.92 Å². The monoisotopic (exact) mass is 262 g/mol.